The second-order valence-corrected chi connectivity index (χ2v) is 8.24. The van der Waals surface area contributed by atoms with Gasteiger partial charge in [0.25, 0.3) is 5.91 Å². The van der Waals surface area contributed by atoms with Crippen LogP contribution in [0.25, 0.3) is 0 Å². The van der Waals surface area contributed by atoms with E-state index in [1.165, 1.54) is 16.1 Å². The molecule has 23 heavy (non-hydrogen) atoms. The molecule has 0 aromatic heterocycles. The van der Waals surface area contributed by atoms with Crippen LogP contribution in [0, 0.1) is 0 Å². The van der Waals surface area contributed by atoms with Crippen molar-refractivity contribution in [2.24, 2.45) is 0 Å². The zero-order chi connectivity index (χ0) is 17.0. The average molecular weight is 357 g/mol. The molecule has 0 saturated carbocycles. The molecule has 0 bridgehead atoms. The lowest BCUT2D eigenvalue weighted by molar-refractivity contribution is 0.0789. The second-order valence-electron chi connectivity index (χ2n) is 5.45. The first-order valence-electron chi connectivity index (χ1n) is 7.93. The van der Waals surface area contributed by atoms with Gasteiger partial charge in [0.2, 0.25) is 10.0 Å². The molecule has 1 aliphatic heterocycles. The number of nitrogens with zero attached hydrogens (tertiary/aromatic N) is 2. The number of carbonyl (C=O) groups is 1. The zero-order valence-electron chi connectivity index (χ0n) is 13.9. The Morgan fingerprint density at radius 2 is 1.83 bits per heavy atom. The molecule has 1 heterocycles. The van der Waals surface area contributed by atoms with E-state index in [1.807, 2.05) is 25.0 Å². The van der Waals surface area contributed by atoms with E-state index in [0.717, 1.165) is 30.8 Å². The van der Waals surface area contributed by atoms with Crippen molar-refractivity contribution in [3.63, 3.8) is 0 Å². The summed E-state index contributed by atoms with van der Waals surface area (Å²) in [6.07, 6.45) is 3.92. The first-order chi connectivity index (χ1) is 11.0. The third-order valence-corrected chi connectivity index (χ3v) is 6.98. The van der Waals surface area contributed by atoms with Crippen molar-refractivity contribution >= 4 is 27.7 Å². The molecule has 0 aliphatic carbocycles. The molecule has 0 spiro atoms. The molecule has 1 aliphatic rings. The molecule has 0 N–H and O–H groups in total. The number of benzene rings is 1. The number of sulfonamides is 1. The molecule has 1 aromatic rings. The number of carbonyl (C=O) groups excluding carboxylic acids is 1. The Kier molecular flexibility index (Phi) is 6.11. The smallest absolute Gasteiger partial charge is 0.255 e. The maximum Gasteiger partial charge on any atom is 0.255 e. The van der Waals surface area contributed by atoms with Gasteiger partial charge in [0, 0.05) is 31.1 Å². The molecule has 1 aromatic carbocycles. The summed E-state index contributed by atoms with van der Waals surface area (Å²) >= 11 is 1.47. The average Bonchev–Trinajstić information content (AvgIpc) is 3.08. The number of likely N-dealkylation sites (tertiary alicyclic amines) is 1. The van der Waals surface area contributed by atoms with Gasteiger partial charge in [-0.2, -0.15) is 4.31 Å². The van der Waals surface area contributed by atoms with E-state index >= 15 is 0 Å². The van der Waals surface area contributed by atoms with Gasteiger partial charge in [-0.3, -0.25) is 4.79 Å². The third-order valence-electron chi connectivity index (χ3n) is 4.14. The molecule has 0 unspecified atom stereocenters. The number of hydrogen-bond donors (Lipinski definition) is 0. The molecule has 1 saturated heterocycles. The van der Waals surface area contributed by atoms with E-state index in [1.54, 1.807) is 18.2 Å². The molecule has 0 radical (unpaired) electrons. The number of hydrogen-bond acceptors (Lipinski definition) is 4. The summed E-state index contributed by atoms with van der Waals surface area (Å²) in [5, 5.41) is 0. The lowest BCUT2D eigenvalue weighted by atomic mass is 10.2. The summed E-state index contributed by atoms with van der Waals surface area (Å²) in [4.78, 5) is 15.5. The van der Waals surface area contributed by atoms with Gasteiger partial charge < -0.3 is 4.90 Å². The van der Waals surface area contributed by atoms with Crippen LogP contribution in [0.4, 0.5) is 0 Å². The van der Waals surface area contributed by atoms with Crippen LogP contribution in [-0.4, -0.2) is 56.0 Å². The zero-order valence-corrected chi connectivity index (χ0v) is 15.5. The summed E-state index contributed by atoms with van der Waals surface area (Å²) in [5.74, 6) is -0.0663. The molecule has 1 fully saturated rings. The van der Waals surface area contributed by atoms with Crippen molar-refractivity contribution in [1.82, 2.24) is 9.21 Å². The number of thioether (sulfide) groups is 1. The Balaban J connectivity index is 2.44. The second kappa shape index (κ2) is 7.68. The molecular weight excluding hydrogens is 332 g/mol. The summed E-state index contributed by atoms with van der Waals surface area (Å²) < 4.78 is 26.8. The standard InChI is InChI=1S/C16H24N2O3S2/c1-4-18(5-2)23(20,21)13-8-9-15(22-3)14(12-13)16(19)17-10-6-7-11-17/h8-9,12H,4-7,10-11H2,1-3H3. The molecule has 5 nitrogen and oxygen atoms in total. The maximum atomic E-state index is 12.7. The van der Waals surface area contributed by atoms with Crippen LogP contribution in [0.1, 0.15) is 37.0 Å². The largest absolute Gasteiger partial charge is 0.339 e. The Labute approximate surface area is 143 Å². The Hall–Kier alpha value is -1.05. The first-order valence-corrected chi connectivity index (χ1v) is 10.6. The minimum absolute atomic E-state index is 0.0663. The maximum absolute atomic E-state index is 12.7. The molecule has 2 rings (SSSR count). The molecule has 128 valence electrons. The molecule has 7 heteroatoms. The van der Waals surface area contributed by atoms with E-state index in [0.29, 0.717) is 18.7 Å². The first kappa shape index (κ1) is 18.3. The van der Waals surface area contributed by atoms with Crippen molar-refractivity contribution in [2.75, 3.05) is 32.4 Å². The van der Waals surface area contributed by atoms with Crippen molar-refractivity contribution in [3.8, 4) is 0 Å². The highest BCUT2D eigenvalue weighted by molar-refractivity contribution is 7.98. The lowest BCUT2D eigenvalue weighted by Gasteiger charge is -2.21. The van der Waals surface area contributed by atoms with Gasteiger partial charge in [-0.1, -0.05) is 13.8 Å². The minimum Gasteiger partial charge on any atom is -0.339 e. The van der Waals surface area contributed by atoms with Crippen molar-refractivity contribution in [2.45, 2.75) is 36.5 Å². The predicted octanol–water partition coefficient (Wildman–Crippen LogP) is 2.68. The van der Waals surface area contributed by atoms with E-state index in [-0.39, 0.29) is 10.8 Å². The fourth-order valence-electron chi connectivity index (χ4n) is 2.82. The van der Waals surface area contributed by atoms with Gasteiger partial charge in [-0.05, 0) is 37.3 Å². The Morgan fingerprint density at radius 3 is 2.35 bits per heavy atom. The highest BCUT2D eigenvalue weighted by Crippen LogP contribution is 2.27. The van der Waals surface area contributed by atoms with Gasteiger partial charge in [0.1, 0.15) is 0 Å². The highest BCUT2D eigenvalue weighted by Gasteiger charge is 2.26. The van der Waals surface area contributed by atoms with Crippen LogP contribution in [-0.2, 0) is 10.0 Å². The predicted molar refractivity (Wildman–Crippen MR) is 93.5 cm³/mol. The summed E-state index contributed by atoms with van der Waals surface area (Å²) in [5.41, 5.74) is 0.493. The number of amides is 1. The topological polar surface area (TPSA) is 57.7 Å². The van der Waals surface area contributed by atoms with Gasteiger partial charge in [0.05, 0.1) is 10.5 Å². The van der Waals surface area contributed by atoms with Crippen LogP contribution >= 0.6 is 11.8 Å². The van der Waals surface area contributed by atoms with Gasteiger partial charge in [0.15, 0.2) is 0 Å². The van der Waals surface area contributed by atoms with Gasteiger partial charge in [-0.25, -0.2) is 8.42 Å². The van der Waals surface area contributed by atoms with Crippen molar-refractivity contribution < 1.29 is 13.2 Å². The van der Waals surface area contributed by atoms with Crippen LogP contribution in [0.5, 0.6) is 0 Å². The van der Waals surface area contributed by atoms with Crippen molar-refractivity contribution in [1.29, 1.82) is 0 Å². The van der Waals surface area contributed by atoms with Gasteiger partial charge in [-0.15, -0.1) is 11.8 Å². The Bertz CT molecular complexity index is 664. The van der Waals surface area contributed by atoms with E-state index in [9.17, 15) is 13.2 Å². The fourth-order valence-corrected chi connectivity index (χ4v) is 4.87. The SMILES string of the molecule is CCN(CC)S(=O)(=O)c1ccc(SC)c(C(=O)N2CCCC2)c1. The van der Waals surface area contributed by atoms with E-state index in [2.05, 4.69) is 0 Å². The summed E-state index contributed by atoms with van der Waals surface area (Å²) in [6.45, 7) is 5.96. The summed E-state index contributed by atoms with van der Waals surface area (Å²) in [7, 11) is -3.55. The molecular formula is C16H24N2O3S2. The van der Waals surface area contributed by atoms with Crippen molar-refractivity contribution in [3.05, 3.63) is 23.8 Å². The minimum atomic E-state index is -3.55. The number of rotatable bonds is 6. The summed E-state index contributed by atoms with van der Waals surface area (Å²) in [6, 6.07) is 4.88. The molecule has 1 amide bonds. The third kappa shape index (κ3) is 3.72. The van der Waals surface area contributed by atoms with Gasteiger partial charge >= 0.3 is 0 Å². The quantitative estimate of drug-likeness (QED) is 0.735. The normalized spacial score (nSPS) is 15.4. The Morgan fingerprint density at radius 1 is 1.22 bits per heavy atom. The van der Waals surface area contributed by atoms with Crippen LogP contribution in [0.2, 0.25) is 0 Å². The molecule has 0 atom stereocenters. The fraction of sp³-hybridized carbons (Fsp3) is 0.562. The van der Waals surface area contributed by atoms with Crippen LogP contribution < -0.4 is 0 Å². The monoisotopic (exact) mass is 356 g/mol. The van der Waals surface area contributed by atoms with E-state index < -0.39 is 10.0 Å². The lowest BCUT2D eigenvalue weighted by Crippen LogP contribution is -2.31. The van der Waals surface area contributed by atoms with E-state index in [4.69, 9.17) is 0 Å². The highest BCUT2D eigenvalue weighted by atomic mass is 32.2. The van der Waals surface area contributed by atoms with Crippen LogP contribution in [0.15, 0.2) is 28.0 Å². The van der Waals surface area contributed by atoms with Crippen LogP contribution in [0.3, 0.4) is 0 Å².